The third kappa shape index (κ3) is 3.52. The molecule has 0 aliphatic heterocycles. The van der Waals surface area contributed by atoms with Crippen molar-refractivity contribution in [1.29, 1.82) is 0 Å². The number of ether oxygens (including phenoxy) is 2. The van der Waals surface area contributed by atoms with Crippen LogP contribution in [0.1, 0.15) is 19.5 Å². The van der Waals surface area contributed by atoms with E-state index in [1.165, 1.54) is 19.2 Å². The number of rotatable bonds is 6. The number of halogens is 1. The zero-order valence-corrected chi connectivity index (χ0v) is 18.9. The highest BCUT2D eigenvalue weighted by atomic mass is 19.1. The molecule has 0 spiro atoms. The summed E-state index contributed by atoms with van der Waals surface area (Å²) >= 11 is 0. The Labute approximate surface area is 190 Å². The highest BCUT2D eigenvalue weighted by molar-refractivity contribution is 6.05. The van der Waals surface area contributed by atoms with Crippen molar-refractivity contribution < 1.29 is 13.9 Å². The number of hydrogen-bond donors (Lipinski definition) is 1. The van der Waals surface area contributed by atoms with Gasteiger partial charge in [0.15, 0.2) is 0 Å². The number of aromatic amines is 1. The van der Waals surface area contributed by atoms with Crippen molar-refractivity contribution in [1.82, 2.24) is 24.7 Å². The minimum absolute atomic E-state index is 0.283. The SMILES string of the molecule is COCC(C)(C)c1c(-c2cnc(OC)nc2)c2cc3[nH]ncc3cc2n1-c1ccc(F)cc1. The largest absolute Gasteiger partial charge is 0.467 e. The van der Waals surface area contributed by atoms with Crippen molar-refractivity contribution in [3.8, 4) is 22.8 Å². The summed E-state index contributed by atoms with van der Waals surface area (Å²) in [4.78, 5) is 8.70. The second-order valence-corrected chi connectivity index (χ2v) is 8.64. The van der Waals surface area contributed by atoms with E-state index in [0.717, 1.165) is 44.3 Å². The van der Waals surface area contributed by atoms with Gasteiger partial charge >= 0.3 is 6.01 Å². The number of aromatic nitrogens is 5. The van der Waals surface area contributed by atoms with Crippen LogP contribution >= 0.6 is 0 Å². The van der Waals surface area contributed by atoms with Gasteiger partial charge < -0.3 is 14.0 Å². The molecule has 1 N–H and O–H groups in total. The van der Waals surface area contributed by atoms with Crippen molar-refractivity contribution in [2.75, 3.05) is 20.8 Å². The van der Waals surface area contributed by atoms with Crippen molar-refractivity contribution >= 4 is 21.8 Å². The lowest BCUT2D eigenvalue weighted by molar-refractivity contribution is 0.144. The van der Waals surface area contributed by atoms with Gasteiger partial charge in [0.25, 0.3) is 0 Å². The molecule has 0 bridgehead atoms. The molecule has 0 radical (unpaired) electrons. The average Bonchev–Trinajstić information content (AvgIpc) is 3.40. The van der Waals surface area contributed by atoms with Gasteiger partial charge in [-0.2, -0.15) is 5.10 Å². The zero-order chi connectivity index (χ0) is 23.2. The van der Waals surface area contributed by atoms with E-state index in [2.05, 4.69) is 50.7 Å². The molecule has 0 saturated heterocycles. The first-order valence-corrected chi connectivity index (χ1v) is 10.6. The third-order valence-corrected chi connectivity index (χ3v) is 5.86. The Morgan fingerprint density at radius 2 is 1.76 bits per heavy atom. The zero-order valence-electron chi connectivity index (χ0n) is 18.9. The van der Waals surface area contributed by atoms with Crippen LogP contribution in [-0.4, -0.2) is 45.6 Å². The highest BCUT2D eigenvalue weighted by Gasteiger charge is 2.32. The fourth-order valence-electron chi connectivity index (χ4n) is 4.50. The Bertz CT molecular complexity index is 1440. The Morgan fingerprint density at radius 1 is 1.03 bits per heavy atom. The second-order valence-electron chi connectivity index (χ2n) is 8.64. The molecule has 0 atom stereocenters. The molecule has 2 aromatic carbocycles. The van der Waals surface area contributed by atoms with E-state index in [4.69, 9.17) is 9.47 Å². The number of H-pyrrole nitrogens is 1. The first-order chi connectivity index (χ1) is 15.9. The molecule has 0 unspecified atom stereocenters. The van der Waals surface area contributed by atoms with Crippen LogP contribution in [0.15, 0.2) is 55.0 Å². The maximum absolute atomic E-state index is 13.8. The fourth-order valence-corrected chi connectivity index (χ4v) is 4.50. The van der Waals surface area contributed by atoms with Crippen molar-refractivity contribution in [2.45, 2.75) is 19.3 Å². The molecule has 0 saturated carbocycles. The number of nitrogens with zero attached hydrogens (tertiary/aromatic N) is 4. The summed E-state index contributed by atoms with van der Waals surface area (Å²) in [6.07, 6.45) is 5.32. The third-order valence-electron chi connectivity index (χ3n) is 5.86. The first-order valence-electron chi connectivity index (χ1n) is 10.6. The van der Waals surface area contributed by atoms with Crippen molar-refractivity contribution in [3.05, 3.63) is 66.5 Å². The highest BCUT2D eigenvalue weighted by Crippen LogP contribution is 2.43. The number of benzene rings is 2. The molecule has 7 nitrogen and oxygen atoms in total. The van der Waals surface area contributed by atoms with Crippen LogP contribution in [0, 0.1) is 5.82 Å². The van der Waals surface area contributed by atoms with E-state index in [1.54, 1.807) is 37.8 Å². The van der Waals surface area contributed by atoms with E-state index in [0.29, 0.717) is 12.6 Å². The fraction of sp³-hybridized carbons (Fsp3) is 0.240. The molecule has 5 aromatic rings. The Kier molecular flexibility index (Phi) is 5.09. The first kappa shape index (κ1) is 21.1. The van der Waals surface area contributed by atoms with Crippen molar-refractivity contribution in [2.24, 2.45) is 0 Å². The van der Waals surface area contributed by atoms with Crippen LogP contribution in [0.3, 0.4) is 0 Å². The minimum Gasteiger partial charge on any atom is -0.467 e. The summed E-state index contributed by atoms with van der Waals surface area (Å²) < 4.78 is 26.8. The van der Waals surface area contributed by atoms with E-state index in [1.807, 2.05) is 0 Å². The van der Waals surface area contributed by atoms with Gasteiger partial charge in [-0.05, 0) is 36.4 Å². The molecule has 0 aliphatic rings. The molecular formula is C25H24FN5O2. The molecular weight excluding hydrogens is 421 g/mol. The van der Waals surface area contributed by atoms with Gasteiger partial charge in [0.1, 0.15) is 5.82 Å². The Morgan fingerprint density at radius 3 is 2.42 bits per heavy atom. The van der Waals surface area contributed by atoms with Gasteiger partial charge in [-0.15, -0.1) is 0 Å². The van der Waals surface area contributed by atoms with Gasteiger partial charge in [0.05, 0.1) is 30.9 Å². The lowest BCUT2D eigenvalue weighted by atomic mass is 9.85. The molecule has 8 heteroatoms. The number of methoxy groups -OCH3 is 2. The van der Waals surface area contributed by atoms with Crippen LogP contribution < -0.4 is 4.74 Å². The lowest BCUT2D eigenvalue weighted by Gasteiger charge is -2.28. The van der Waals surface area contributed by atoms with Gasteiger partial charge in [-0.3, -0.25) is 5.10 Å². The van der Waals surface area contributed by atoms with Crippen LogP contribution in [0.25, 0.3) is 38.6 Å². The standard InChI is InChI=1S/C25H24FN5O2/c1-25(2,14-32-3)23-22(16-11-27-24(33-4)28-12-16)19-10-20-15(13-29-30-20)9-21(19)31(23)18-7-5-17(26)6-8-18/h5-13H,14H2,1-4H3,(H,29,30). The maximum atomic E-state index is 13.8. The van der Waals surface area contributed by atoms with Gasteiger partial charge in [0, 0.05) is 58.2 Å². The Balaban J connectivity index is 1.94. The topological polar surface area (TPSA) is 77.8 Å². The summed E-state index contributed by atoms with van der Waals surface area (Å²) in [5.74, 6) is -0.283. The van der Waals surface area contributed by atoms with Gasteiger partial charge in [-0.1, -0.05) is 13.8 Å². The average molecular weight is 445 g/mol. The number of fused-ring (bicyclic) bond motifs is 2. The predicted octanol–water partition coefficient (Wildman–Crippen LogP) is 5.04. The normalized spacial score (nSPS) is 12.0. The van der Waals surface area contributed by atoms with Crippen LogP contribution in [0.4, 0.5) is 4.39 Å². The molecule has 5 rings (SSSR count). The molecule has 0 fully saturated rings. The van der Waals surface area contributed by atoms with E-state index in [-0.39, 0.29) is 5.82 Å². The van der Waals surface area contributed by atoms with Gasteiger partial charge in [-0.25, -0.2) is 14.4 Å². The Hall–Kier alpha value is -3.78. The summed E-state index contributed by atoms with van der Waals surface area (Å²) in [5.41, 5.74) is 5.19. The van der Waals surface area contributed by atoms with Crippen LogP contribution in [0.5, 0.6) is 6.01 Å². The molecule has 168 valence electrons. The smallest absolute Gasteiger partial charge is 0.316 e. The quantitative estimate of drug-likeness (QED) is 0.396. The summed E-state index contributed by atoms with van der Waals surface area (Å²) in [5, 5.41) is 9.25. The summed E-state index contributed by atoms with van der Waals surface area (Å²) in [6.45, 7) is 4.74. The summed E-state index contributed by atoms with van der Waals surface area (Å²) in [6, 6.07) is 11.0. The van der Waals surface area contributed by atoms with E-state index < -0.39 is 5.41 Å². The molecule has 0 amide bonds. The van der Waals surface area contributed by atoms with Gasteiger partial charge in [0.2, 0.25) is 0 Å². The number of hydrogen-bond acceptors (Lipinski definition) is 5. The lowest BCUT2D eigenvalue weighted by Crippen LogP contribution is -2.27. The molecule has 3 heterocycles. The second kappa shape index (κ2) is 7.97. The summed E-state index contributed by atoms with van der Waals surface area (Å²) in [7, 11) is 3.23. The molecule has 3 aromatic heterocycles. The number of nitrogens with one attached hydrogen (secondary N) is 1. The van der Waals surface area contributed by atoms with Crippen LogP contribution in [0.2, 0.25) is 0 Å². The monoisotopic (exact) mass is 445 g/mol. The maximum Gasteiger partial charge on any atom is 0.316 e. The molecule has 33 heavy (non-hydrogen) atoms. The molecule has 0 aliphatic carbocycles. The van der Waals surface area contributed by atoms with Crippen molar-refractivity contribution in [3.63, 3.8) is 0 Å². The minimum atomic E-state index is -0.399. The predicted molar refractivity (Wildman–Crippen MR) is 125 cm³/mol. The van der Waals surface area contributed by atoms with Crippen LogP contribution in [-0.2, 0) is 10.2 Å². The van der Waals surface area contributed by atoms with E-state index >= 15 is 0 Å². The van der Waals surface area contributed by atoms with E-state index in [9.17, 15) is 4.39 Å².